The number of hydrogen-bond donors (Lipinski definition) is 1. The zero-order valence-electron chi connectivity index (χ0n) is 9.77. The first kappa shape index (κ1) is 14.0. The van der Waals surface area contributed by atoms with Crippen molar-refractivity contribution >= 4 is 43.5 Å². The number of hydrogen-bond acceptors (Lipinski definition) is 3. The molecule has 19 heavy (non-hydrogen) atoms. The van der Waals surface area contributed by atoms with Crippen LogP contribution < -0.4 is 10.1 Å². The Morgan fingerprint density at radius 1 is 1.21 bits per heavy atom. The van der Waals surface area contributed by atoms with Crippen LogP contribution in [0, 0.1) is 0 Å². The Hall–Kier alpha value is -1.40. The molecule has 1 heterocycles. The van der Waals surface area contributed by atoms with Crippen LogP contribution in [0.25, 0.3) is 0 Å². The van der Waals surface area contributed by atoms with Crippen LogP contribution in [0.4, 0.5) is 5.69 Å². The van der Waals surface area contributed by atoms with Crippen LogP contribution in [0.15, 0.2) is 51.7 Å². The third-order valence-electron chi connectivity index (χ3n) is 2.21. The molecule has 0 aliphatic heterocycles. The first-order chi connectivity index (χ1) is 9.15. The molecule has 0 unspecified atom stereocenters. The fourth-order valence-electron chi connectivity index (χ4n) is 1.35. The van der Waals surface area contributed by atoms with E-state index in [0.29, 0.717) is 10.4 Å². The molecule has 2 rings (SSSR count). The van der Waals surface area contributed by atoms with Crippen LogP contribution in [-0.4, -0.2) is 17.5 Å². The lowest BCUT2D eigenvalue weighted by Gasteiger charge is -2.08. The molecule has 0 atom stereocenters. The van der Waals surface area contributed by atoms with E-state index in [0.717, 1.165) is 10.2 Å². The molecule has 1 aromatic heterocycles. The van der Waals surface area contributed by atoms with Crippen molar-refractivity contribution < 1.29 is 9.53 Å². The third-order valence-corrected chi connectivity index (χ3v) is 3.34. The van der Waals surface area contributed by atoms with Crippen molar-refractivity contribution in [3.8, 4) is 5.75 Å². The molecule has 1 aromatic carbocycles. The van der Waals surface area contributed by atoms with Gasteiger partial charge in [0.25, 0.3) is 5.91 Å². The highest BCUT2D eigenvalue weighted by molar-refractivity contribution is 9.10. The van der Waals surface area contributed by atoms with E-state index in [9.17, 15) is 4.79 Å². The Kier molecular flexibility index (Phi) is 4.93. The number of amides is 1. The number of halogens is 2. The Balaban J connectivity index is 1.88. The van der Waals surface area contributed by atoms with E-state index < -0.39 is 0 Å². The monoisotopic (exact) mass is 384 g/mol. The van der Waals surface area contributed by atoms with Gasteiger partial charge in [-0.15, -0.1) is 0 Å². The molecule has 2 aromatic rings. The predicted octanol–water partition coefficient (Wildman–Crippen LogP) is 3.62. The van der Waals surface area contributed by atoms with Crippen molar-refractivity contribution in [1.82, 2.24) is 4.98 Å². The Bertz CT molecular complexity index is 573. The maximum atomic E-state index is 11.7. The summed E-state index contributed by atoms with van der Waals surface area (Å²) in [5.74, 6) is 0.312. The van der Waals surface area contributed by atoms with Gasteiger partial charge in [0.05, 0.1) is 0 Å². The van der Waals surface area contributed by atoms with Gasteiger partial charge in [-0.2, -0.15) is 0 Å². The van der Waals surface area contributed by atoms with Crippen molar-refractivity contribution in [1.29, 1.82) is 0 Å². The molecule has 0 aliphatic rings. The van der Waals surface area contributed by atoms with Crippen molar-refractivity contribution in [3.63, 3.8) is 0 Å². The van der Waals surface area contributed by atoms with Gasteiger partial charge in [0.1, 0.15) is 4.60 Å². The van der Waals surface area contributed by atoms with Crippen molar-refractivity contribution in [2.45, 2.75) is 0 Å². The summed E-state index contributed by atoms with van der Waals surface area (Å²) in [4.78, 5) is 15.7. The Morgan fingerprint density at radius 2 is 1.95 bits per heavy atom. The van der Waals surface area contributed by atoms with Crippen LogP contribution in [0.2, 0.25) is 0 Å². The van der Waals surface area contributed by atoms with E-state index in [1.165, 1.54) is 0 Å². The number of nitrogens with zero attached hydrogens (tertiary/aromatic N) is 1. The predicted molar refractivity (Wildman–Crippen MR) is 80.2 cm³/mol. The molecule has 0 saturated heterocycles. The minimum atomic E-state index is -0.224. The largest absolute Gasteiger partial charge is 0.481 e. The minimum absolute atomic E-state index is 0.0691. The first-order valence-electron chi connectivity index (χ1n) is 5.44. The topological polar surface area (TPSA) is 51.2 Å². The normalized spacial score (nSPS) is 10.0. The van der Waals surface area contributed by atoms with Gasteiger partial charge in [-0.1, -0.05) is 15.9 Å². The smallest absolute Gasteiger partial charge is 0.262 e. The lowest BCUT2D eigenvalue weighted by atomic mass is 10.3. The standard InChI is InChI=1S/C13H10Br2N2O2/c14-9-3-5-10(6-4-9)17-12(18)8-19-11-2-1-7-16-13(11)15/h1-7H,8H2,(H,17,18). The lowest BCUT2D eigenvalue weighted by Crippen LogP contribution is -2.20. The van der Waals surface area contributed by atoms with Crippen LogP contribution in [0.5, 0.6) is 5.75 Å². The van der Waals surface area contributed by atoms with Gasteiger partial charge in [-0.05, 0) is 52.3 Å². The first-order valence-corrected chi connectivity index (χ1v) is 7.02. The summed E-state index contributed by atoms with van der Waals surface area (Å²) in [6.45, 7) is -0.0691. The highest BCUT2D eigenvalue weighted by Crippen LogP contribution is 2.21. The van der Waals surface area contributed by atoms with Crippen LogP contribution >= 0.6 is 31.9 Å². The zero-order valence-corrected chi connectivity index (χ0v) is 12.9. The quantitative estimate of drug-likeness (QED) is 0.817. The number of rotatable bonds is 4. The Labute approximate surface area is 127 Å². The van der Waals surface area contributed by atoms with Gasteiger partial charge in [0.15, 0.2) is 12.4 Å². The van der Waals surface area contributed by atoms with Gasteiger partial charge >= 0.3 is 0 Å². The molecule has 0 fully saturated rings. The molecule has 1 amide bonds. The molecule has 0 saturated carbocycles. The van der Waals surface area contributed by atoms with Crippen molar-refractivity contribution in [3.05, 3.63) is 51.7 Å². The fourth-order valence-corrected chi connectivity index (χ4v) is 1.98. The molecule has 98 valence electrons. The maximum absolute atomic E-state index is 11.7. The number of nitrogens with one attached hydrogen (secondary N) is 1. The van der Waals surface area contributed by atoms with E-state index >= 15 is 0 Å². The maximum Gasteiger partial charge on any atom is 0.262 e. The minimum Gasteiger partial charge on any atom is -0.481 e. The summed E-state index contributed by atoms with van der Waals surface area (Å²) in [7, 11) is 0. The average Bonchev–Trinajstić information content (AvgIpc) is 2.40. The van der Waals surface area contributed by atoms with Crippen LogP contribution in [0.1, 0.15) is 0 Å². The average molecular weight is 386 g/mol. The van der Waals surface area contributed by atoms with E-state index in [-0.39, 0.29) is 12.5 Å². The van der Waals surface area contributed by atoms with Gasteiger partial charge in [0.2, 0.25) is 0 Å². The third kappa shape index (κ3) is 4.33. The summed E-state index contributed by atoms with van der Waals surface area (Å²) >= 11 is 6.58. The molecule has 0 radical (unpaired) electrons. The molecule has 6 heteroatoms. The van der Waals surface area contributed by atoms with Crippen molar-refractivity contribution in [2.24, 2.45) is 0 Å². The van der Waals surface area contributed by atoms with Crippen LogP contribution in [-0.2, 0) is 4.79 Å². The molecular weight excluding hydrogens is 376 g/mol. The number of ether oxygens (including phenoxy) is 1. The molecule has 0 aliphatic carbocycles. The highest BCUT2D eigenvalue weighted by atomic mass is 79.9. The second kappa shape index (κ2) is 6.68. The molecule has 4 nitrogen and oxygen atoms in total. The van der Waals surface area contributed by atoms with Gasteiger partial charge < -0.3 is 10.1 Å². The number of carbonyl (C=O) groups excluding carboxylic acids is 1. The van der Waals surface area contributed by atoms with Gasteiger partial charge in [0, 0.05) is 16.4 Å². The van der Waals surface area contributed by atoms with Crippen LogP contribution in [0.3, 0.4) is 0 Å². The number of pyridine rings is 1. The number of aromatic nitrogens is 1. The summed E-state index contributed by atoms with van der Waals surface area (Å²) in [5, 5.41) is 2.74. The summed E-state index contributed by atoms with van der Waals surface area (Å²) in [6, 6.07) is 10.8. The molecular formula is C13H10Br2N2O2. The van der Waals surface area contributed by atoms with E-state index in [1.54, 1.807) is 18.3 Å². The second-order valence-electron chi connectivity index (χ2n) is 3.64. The zero-order chi connectivity index (χ0) is 13.7. The summed E-state index contributed by atoms with van der Waals surface area (Å²) < 4.78 is 6.90. The lowest BCUT2D eigenvalue weighted by molar-refractivity contribution is -0.118. The molecule has 0 spiro atoms. The van der Waals surface area contributed by atoms with E-state index in [2.05, 4.69) is 42.2 Å². The summed E-state index contributed by atoms with van der Waals surface area (Å²) in [6.07, 6.45) is 1.64. The Morgan fingerprint density at radius 3 is 2.63 bits per heavy atom. The second-order valence-corrected chi connectivity index (χ2v) is 5.30. The SMILES string of the molecule is O=C(COc1cccnc1Br)Nc1ccc(Br)cc1. The fraction of sp³-hybridized carbons (Fsp3) is 0.0769. The number of carbonyl (C=O) groups is 1. The highest BCUT2D eigenvalue weighted by Gasteiger charge is 2.06. The van der Waals surface area contributed by atoms with Crippen molar-refractivity contribution in [2.75, 3.05) is 11.9 Å². The number of anilines is 1. The molecule has 1 N–H and O–H groups in total. The molecule has 0 bridgehead atoms. The van der Waals surface area contributed by atoms with Gasteiger partial charge in [-0.3, -0.25) is 4.79 Å². The number of benzene rings is 1. The van der Waals surface area contributed by atoms with E-state index in [1.807, 2.05) is 24.3 Å². The summed E-state index contributed by atoms with van der Waals surface area (Å²) in [5.41, 5.74) is 0.724. The van der Waals surface area contributed by atoms with E-state index in [4.69, 9.17) is 4.74 Å². The van der Waals surface area contributed by atoms with Gasteiger partial charge in [-0.25, -0.2) is 4.98 Å².